The van der Waals surface area contributed by atoms with Gasteiger partial charge < -0.3 is 19.5 Å². The van der Waals surface area contributed by atoms with E-state index in [-0.39, 0.29) is 17.8 Å². The highest BCUT2D eigenvalue weighted by atomic mass is 35.5. The van der Waals surface area contributed by atoms with Crippen molar-refractivity contribution < 1.29 is 23.8 Å². The molecule has 2 unspecified atom stereocenters. The molecule has 7 heteroatoms. The van der Waals surface area contributed by atoms with Crippen LogP contribution in [0.5, 0.6) is 11.5 Å². The molecule has 1 aliphatic heterocycles. The van der Waals surface area contributed by atoms with E-state index < -0.39 is 11.9 Å². The van der Waals surface area contributed by atoms with Crippen LogP contribution < -0.4 is 14.8 Å². The van der Waals surface area contributed by atoms with Gasteiger partial charge in [-0.15, -0.1) is 0 Å². The number of hydrogen-bond acceptors (Lipinski definition) is 6. The fourth-order valence-corrected chi connectivity index (χ4v) is 5.06. The Morgan fingerprint density at radius 3 is 2.40 bits per heavy atom. The molecule has 0 radical (unpaired) electrons. The Labute approximate surface area is 210 Å². The molecular weight excluding hydrogens is 466 g/mol. The van der Waals surface area contributed by atoms with Crippen LogP contribution in [0.1, 0.15) is 56.6 Å². The first kappa shape index (κ1) is 24.9. The second-order valence-corrected chi connectivity index (χ2v) is 9.57. The van der Waals surface area contributed by atoms with E-state index in [1.165, 1.54) is 0 Å². The number of methoxy groups -OCH3 is 2. The topological polar surface area (TPSA) is 73.9 Å². The third-order valence-corrected chi connectivity index (χ3v) is 6.73. The van der Waals surface area contributed by atoms with Crippen LogP contribution >= 0.6 is 11.6 Å². The van der Waals surface area contributed by atoms with Gasteiger partial charge in [0.25, 0.3) is 0 Å². The first-order valence-corrected chi connectivity index (χ1v) is 12.0. The minimum Gasteiger partial charge on any atom is -0.497 e. The van der Waals surface area contributed by atoms with Gasteiger partial charge in [-0.05, 0) is 69.0 Å². The molecule has 2 aliphatic rings. The minimum absolute atomic E-state index is 0.0100. The number of carbonyl (C=O) groups is 2. The van der Waals surface area contributed by atoms with Crippen LogP contribution in [0.15, 0.2) is 65.0 Å². The first-order valence-electron chi connectivity index (χ1n) is 11.7. The number of ether oxygens (including phenoxy) is 3. The lowest BCUT2D eigenvalue weighted by Gasteiger charge is -2.37. The molecule has 35 heavy (non-hydrogen) atoms. The molecule has 0 bridgehead atoms. The van der Waals surface area contributed by atoms with E-state index in [9.17, 15) is 9.59 Å². The smallest absolute Gasteiger partial charge is 0.337 e. The summed E-state index contributed by atoms with van der Waals surface area (Å²) in [5.74, 6) is 0.0739. The maximum atomic E-state index is 13.7. The number of carbonyl (C=O) groups excluding carboxylic acids is 2. The van der Waals surface area contributed by atoms with Crippen LogP contribution in [0, 0.1) is 0 Å². The summed E-state index contributed by atoms with van der Waals surface area (Å²) in [5, 5.41) is 4.03. The van der Waals surface area contributed by atoms with Gasteiger partial charge in [0.15, 0.2) is 5.78 Å². The van der Waals surface area contributed by atoms with Crippen molar-refractivity contribution in [1.29, 1.82) is 0 Å². The zero-order chi connectivity index (χ0) is 25.3. The Morgan fingerprint density at radius 1 is 1.06 bits per heavy atom. The molecule has 0 aromatic heterocycles. The highest BCUT2D eigenvalue weighted by Gasteiger charge is 2.42. The van der Waals surface area contributed by atoms with Gasteiger partial charge >= 0.3 is 5.97 Å². The maximum Gasteiger partial charge on any atom is 0.337 e. The Balaban J connectivity index is 1.86. The summed E-state index contributed by atoms with van der Waals surface area (Å²) >= 11 is 6.07. The molecule has 2 aromatic carbocycles. The first-order chi connectivity index (χ1) is 16.7. The normalized spacial score (nSPS) is 19.9. The molecule has 1 heterocycles. The lowest BCUT2D eigenvalue weighted by atomic mass is 9.71. The average molecular weight is 496 g/mol. The number of hydrogen-bond donors (Lipinski definition) is 1. The number of esters is 1. The van der Waals surface area contributed by atoms with Gasteiger partial charge in [0.1, 0.15) is 11.5 Å². The van der Waals surface area contributed by atoms with Crippen LogP contribution in [0.4, 0.5) is 0 Å². The molecule has 6 nitrogen and oxygen atoms in total. The molecule has 1 aliphatic carbocycles. The van der Waals surface area contributed by atoms with Crippen molar-refractivity contribution in [3.8, 4) is 11.5 Å². The van der Waals surface area contributed by atoms with E-state index in [1.54, 1.807) is 40.2 Å². The van der Waals surface area contributed by atoms with Crippen LogP contribution in [-0.2, 0) is 14.3 Å². The summed E-state index contributed by atoms with van der Waals surface area (Å²) in [4.78, 5) is 27.1. The van der Waals surface area contributed by atoms with Crippen LogP contribution in [-0.4, -0.2) is 32.1 Å². The van der Waals surface area contributed by atoms with E-state index in [0.717, 1.165) is 11.3 Å². The van der Waals surface area contributed by atoms with Crippen molar-refractivity contribution in [2.24, 2.45) is 0 Å². The lowest BCUT2D eigenvalue weighted by Crippen LogP contribution is -2.36. The van der Waals surface area contributed by atoms with Crippen LogP contribution in [0.25, 0.3) is 0 Å². The molecule has 2 aromatic rings. The number of dihydropyridines is 1. The molecule has 4 rings (SSSR count). The minimum atomic E-state index is -0.638. The van der Waals surface area contributed by atoms with E-state index in [4.69, 9.17) is 25.8 Å². The summed E-state index contributed by atoms with van der Waals surface area (Å²) in [5.41, 5.74) is 4.20. The van der Waals surface area contributed by atoms with E-state index in [0.29, 0.717) is 51.8 Å². The number of halogens is 1. The Hall–Kier alpha value is -3.25. The molecule has 1 N–H and O–H groups in total. The highest BCUT2D eigenvalue weighted by molar-refractivity contribution is 6.30. The van der Waals surface area contributed by atoms with Gasteiger partial charge in [-0.1, -0.05) is 23.7 Å². The number of allylic oxidation sites excluding steroid dienone is 3. The maximum absolute atomic E-state index is 13.7. The molecule has 0 amide bonds. The van der Waals surface area contributed by atoms with Gasteiger partial charge in [0.2, 0.25) is 0 Å². The largest absolute Gasteiger partial charge is 0.497 e. The van der Waals surface area contributed by atoms with Gasteiger partial charge in [-0.3, -0.25) is 4.79 Å². The van der Waals surface area contributed by atoms with Crippen LogP contribution in [0.3, 0.4) is 0 Å². The Morgan fingerprint density at radius 2 is 1.77 bits per heavy atom. The zero-order valence-electron chi connectivity index (χ0n) is 20.6. The number of rotatable bonds is 6. The van der Waals surface area contributed by atoms with Gasteiger partial charge in [0, 0.05) is 34.0 Å². The van der Waals surface area contributed by atoms with Crippen molar-refractivity contribution >= 4 is 23.4 Å². The number of ketones is 1. The second-order valence-electron chi connectivity index (χ2n) is 9.13. The van der Waals surface area contributed by atoms with Crippen LogP contribution in [0.2, 0.25) is 5.02 Å². The third kappa shape index (κ3) is 4.94. The van der Waals surface area contributed by atoms with E-state index in [2.05, 4.69) is 5.32 Å². The number of benzene rings is 2. The van der Waals surface area contributed by atoms with Gasteiger partial charge in [-0.2, -0.15) is 0 Å². The third-order valence-electron chi connectivity index (χ3n) is 6.48. The summed E-state index contributed by atoms with van der Waals surface area (Å²) in [7, 11) is 3.15. The van der Waals surface area contributed by atoms with Crippen molar-refractivity contribution in [3.63, 3.8) is 0 Å². The predicted molar refractivity (Wildman–Crippen MR) is 135 cm³/mol. The van der Waals surface area contributed by atoms with Gasteiger partial charge in [-0.25, -0.2) is 4.79 Å². The average Bonchev–Trinajstić information content (AvgIpc) is 2.82. The quantitative estimate of drug-likeness (QED) is 0.520. The molecular formula is C28H30ClNO5. The lowest BCUT2D eigenvalue weighted by molar-refractivity contribution is -0.143. The molecule has 2 atom stereocenters. The van der Waals surface area contributed by atoms with Crippen molar-refractivity contribution in [2.45, 2.75) is 51.6 Å². The molecule has 0 spiro atoms. The summed E-state index contributed by atoms with van der Waals surface area (Å²) in [6, 6.07) is 13.0. The van der Waals surface area contributed by atoms with E-state index >= 15 is 0 Å². The van der Waals surface area contributed by atoms with Crippen molar-refractivity contribution in [3.05, 3.63) is 81.2 Å². The zero-order valence-corrected chi connectivity index (χ0v) is 21.4. The van der Waals surface area contributed by atoms with Crippen molar-refractivity contribution in [1.82, 2.24) is 5.32 Å². The molecule has 184 valence electrons. The molecule has 0 saturated heterocycles. The Bertz CT molecular complexity index is 1210. The molecule has 0 saturated carbocycles. The second kappa shape index (κ2) is 10.2. The monoisotopic (exact) mass is 495 g/mol. The Kier molecular flexibility index (Phi) is 7.22. The summed E-state index contributed by atoms with van der Waals surface area (Å²) in [6.45, 7) is 5.45. The molecule has 0 fully saturated rings. The fraction of sp³-hybridized carbons (Fsp3) is 0.357. The summed E-state index contributed by atoms with van der Waals surface area (Å²) < 4.78 is 16.7. The standard InChI is InChI=1S/C28H30ClNO5/c1-15(2)35-28(32)25-16(3)30-22-12-18(17-6-8-19(29)9-7-17)13-23(31)27(22)26(25)21-14-20(33-4)10-11-24(21)34-5/h6-11,14-15,18,26,30H,12-13H2,1-5H3. The highest BCUT2D eigenvalue weighted by Crippen LogP contribution is 2.48. The predicted octanol–water partition coefficient (Wildman–Crippen LogP) is 5.67. The SMILES string of the molecule is COc1ccc(OC)c(C2C(C(=O)OC(C)C)=C(C)NC3=C2C(=O)CC(c2ccc(Cl)cc2)C3)c1. The van der Waals surface area contributed by atoms with E-state index in [1.807, 2.05) is 37.3 Å². The number of nitrogens with one attached hydrogen (secondary N) is 1. The van der Waals surface area contributed by atoms with Gasteiger partial charge in [0.05, 0.1) is 31.8 Å². The van der Waals surface area contributed by atoms with Crippen molar-refractivity contribution in [2.75, 3.05) is 14.2 Å². The number of Topliss-reactive ketones (excluding diaryl/α,β-unsaturated/α-hetero) is 1. The summed E-state index contributed by atoms with van der Waals surface area (Å²) in [6.07, 6.45) is 0.661. The fourth-order valence-electron chi connectivity index (χ4n) is 4.93.